The molecule has 3 nitrogen and oxygen atoms in total. The van der Waals surface area contributed by atoms with Crippen molar-refractivity contribution in [2.24, 2.45) is 5.92 Å². The average Bonchev–Trinajstić information content (AvgIpc) is 2.35. The first-order valence-electron chi connectivity index (χ1n) is 5.69. The van der Waals surface area contributed by atoms with Crippen LogP contribution in [0.4, 0.5) is 0 Å². The van der Waals surface area contributed by atoms with Crippen molar-refractivity contribution in [3.8, 4) is 5.75 Å². The van der Waals surface area contributed by atoms with E-state index in [-0.39, 0.29) is 12.5 Å². The number of aliphatic hydroxyl groups excluding tert-OH is 2. The van der Waals surface area contributed by atoms with Crippen LogP contribution in [0.15, 0.2) is 24.3 Å². The monoisotopic (exact) mass is 224 g/mol. The van der Waals surface area contributed by atoms with Crippen molar-refractivity contribution >= 4 is 0 Å². The zero-order valence-corrected chi connectivity index (χ0v) is 9.89. The van der Waals surface area contributed by atoms with Crippen molar-refractivity contribution < 1.29 is 14.9 Å². The summed E-state index contributed by atoms with van der Waals surface area (Å²) in [6, 6.07) is 7.43. The lowest BCUT2D eigenvalue weighted by Gasteiger charge is -2.12. The molecule has 0 spiro atoms. The third kappa shape index (κ3) is 3.83. The Morgan fingerprint density at radius 3 is 2.38 bits per heavy atom. The molecule has 90 valence electrons. The first-order chi connectivity index (χ1) is 7.67. The Kier molecular flexibility index (Phi) is 5.29. The van der Waals surface area contributed by atoms with Gasteiger partial charge in [0.25, 0.3) is 0 Å². The minimum atomic E-state index is -0.398. The molecule has 0 saturated heterocycles. The maximum atomic E-state index is 9.60. The van der Waals surface area contributed by atoms with Gasteiger partial charge in [0.05, 0.1) is 12.7 Å². The van der Waals surface area contributed by atoms with E-state index in [0.717, 1.165) is 11.3 Å². The highest BCUT2D eigenvalue weighted by Gasteiger charge is 2.05. The van der Waals surface area contributed by atoms with Crippen LogP contribution in [0.1, 0.15) is 31.9 Å². The average molecular weight is 224 g/mol. The molecule has 3 heteroatoms. The van der Waals surface area contributed by atoms with E-state index < -0.39 is 6.10 Å². The minimum Gasteiger partial charge on any atom is -0.493 e. The zero-order valence-electron chi connectivity index (χ0n) is 9.89. The lowest BCUT2D eigenvalue weighted by atomic mass is 10.1. The molecule has 0 aliphatic rings. The summed E-state index contributed by atoms with van der Waals surface area (Å²) in [7, 11) is 0. The van der Waals surface area contributed by atoms with Gasteiger partial charge in [-0.15, -0.1) is 0 Å². The summed E-state index contributed by atoms with van der Waals surface area (Å²) in [5, 5.41) is 18.5. The van der Waals surface area contributed by atoms with Crippen LogP contribution in [0.2, 0.25) is 0 Å². The highest BCUT2D eigenvalue weighted by molar-refractivity contribution is 5.28. The van der Waals surface area contributed by atoms with Crippen LogP contribution in [0.3, 0.4) is 0 Å². The number of benzene rings is 1. The summed E-state index contributed by atoms with van der Waals surface area (Å²) in [5.74, 6) is 0.910. The molecule has 16 heavy (non-hydrogen) atoms. The molecule has 2 unspecified atom stereocenters. The molecule has 0 heterocycles. The Labute approximate surface area is 96.7 Å². The van der Waals surface area contributed by atoms with E-state index in [2.05, 4.69) is 0 Å². The SMILES string of the molecule is CCC(O)c1ccc(OCC(C)CO)cc1. The first kappa shape index (κ1) is 13.0. The molecule has 0 aromatic heterocycles. The second-order valence-corrected chi connectivity index (χ2v) is 4.09. The number of hydrogen-bond acceptors (Lipinski definition) is 3. The maximum Gasteiger partial charge on any atom is 0.119 e. The molecular weight excluding hydrogens is 204 g/mol. The summed E-state index contributed by atoms with van der Waals surface area (Å²) in [6.45, 7) is 4.51. The minimum absolute atomic E-state index is 0.132. The molecule has 0 aliphatic heterocycles. The first-order valence-corrected chi connectivity index (χ1v) is 5.69. The maximum absolute atomic E-state index is 9.60. The zero-order chi connectivity index (χ0) is 12.0. The third-order valence-corrected chi connectivity index (χ3v) is 2.50. The van der Waals surface area contributed by atoms with Crippen LogP contribution in [-0.4, -0.2) is 23.4 Å². The number of hydrogen-bond donors (Lipinski definition) is 2. The predicted octanol–water partition coefficient (Wildman–Crippen LogP) is 2.14. The molecule has 0 fully saturated rings. The molecular formula is C13H20O3. The van der Waals surface area contributed by atoms with Crippen LogP contribution in [0.25, 0.3) is 0 Å². The quantitative estimate of drug-likeness (QED) is 0.778. The molecule has 1 aromatic rings. The third-order valence-electron chi connectivity index (χ3n) is 2.50. The Hall–Kier alpha value is -1.06. The van der Waals surface area contributed by atoms with Crippen molar-refractivity contribution in [3.05, 3.63) is 29.8 Å². The fraction of sp³-hybridized carbons (Fsp3) is 0.538. The van der Waals surface area contributed by atoms with Gasteiger partial charge < -0.3 is 14.9 Å². The van der Waals surface area contributed by atoms with Crippen LogP contribution in [-0.2, 0) is 0 Å². The van der Waals surface area contributed by atoms with E-state index in [1.807, 2.05) is 38.1 Å². The van der Waals surface area contributed by atoms with Gasteiger partial charge in [0.1, 0.15) is 5.75 Å². The second kappa shape index (κ2) is 6.51. The topological polar surface area (TPSA) is 49.7 Å². The highest BCUT2D eigenvalue weighted by atomic mass is 16.5. The fourth-order valence-electron chi connectivity index (χ4n) is 1.31. The van der Waals surface area contributed by atoms with Gasteiger partial charge in [0, 0.05) is 12.5 Å². The van der Waals surface area contributed by atoms with Gasteiger partial charge in [-0.25, -0.2) is 0 Å². The summed E-state index contributed by atoms with van der Waals surface area (Å²) in [6.07, 6.45) is 0.312. The molecule has 0 bridgehead atoms. The van der Waals surface area contributed by atoms with E-state index in [0.29, 0.717) is 13.0 Å². The lowest BCUT2D eigenvalue weighted by molar-refractivity contribution is 0.171. The Morgan fingerprint density at radius 2 is 1.88 bits per heavy atom. The van der Waals surface area contributed by atoms with Crippen molar-refractivity contribution in [2.45, 2.75) is 26.4 Å². The molecule has 1 rings (SSSR count). The van der Waals surface area contributed by atoms with Crippen LogP contribution < -0.4 is 4.74 Å². The lowest BCUT2D eigenvalue weighted by Crippen LogP contribution is -2.12. The Bertz CT molecular complexity index is 295. The molecule has 0 radical (unpaired) electrons. The Balaban J connectivity index is 2.51. The van der Waals surface area contributed by atoms with Crippen molar-refractivity contribution in [3.63, 3.8) is 0 Å². The van der Waals surface area contributed by atoms with Crippen LogP contribution >= 0.6 is 0 Å². The molecule has 2 atom stereocenters. The summed E-state index contributed by atoms with van der Waals surface area (Å²) < 4.78 is 5.49. The standard InChI is InChI=1S/C13H20O3/c1-3-13(15)11-4-6-12(7-5-11)16-9-10(2)8-14/h4-7,10,13-15H,3,8-9H2,1-2H3. The Morgan fingerprint density at radius 1 is 1.25 bits per heavy atom. The normalized spacial score (nSPS) is 14.5. The number of rotatable bonds is 6. The molecule has 0 aliphatic carbocycles. The molecule has 0 amide bonds. The van der Waals surface area contributed by atoms with Crippen molar-refractivity contribution in [1.82, 2.24) is 0 Å². The van der Waals surface area contributed by atoms with Gasteiger partial charge in [0.2, 0.25) is 0 Å². The number of ether oxygens (including phenoxy) is 1. The fourth-order valence-corrected chi connectivity index (χ4v) is 1.31. The predicted molar refractivity (Wildman–Crippen MR) is 63.4 cm³/mol. The van der Waals surface area contributed by atoms with E-state index >= 15 is 0 Å². The second-order valence-electron chi connectivity index (χ2n) is 4.09. The van der Waals surface area contributed by atoms with E-state index in [9.17, 15) is 5.11 Å². The van der Waals surface area contributed by atoms with E-state index in [1.165, 1.54) is 0 Å². The van der Waals surface area contributed by atoms with E-state index in [1.54, 1.807) is 0 Å². The van der Waals surface area contributed by atoms with Crippen molar-refractivity contribution in [2.75, 3.05) is 13.2 Å². The van der Waals surface area contributed by atoms with Crippen LogP contribution in [0.5, 0.6) is 5.75 Å². The van der Waals surface area contributed by atoms with Gasteiger partial charge in [-0.05, 0) is 24.1 Å². The van der Waals surface area contributed by atoms with E-state index in [4.69, 9.17) is 9.84 Å². The highest BCUT2D eigenvalue weighted by Crippen LogP contribution is 2.20. The molecule has 0 saturated carbocycles. The van der Waals surface area contributed by atoms with Crippen LogP contribution in [0, 0.1) is 5.92 Å². The smallest absolute Gasteiger partial charge is 0.119 e. The van der Waals surface area contributed by atoms with Gasteiger partial charge in [-0.3, -0.25) is 0 Å². The largest absolute Gasteiger partial charge is 0.493 e. The van der Waals surface area contributed by atoms with Gasteiger partial charge in [0.15, 0.2) is 0 Å². The number of aliphatic hydroxyl groups is 2. The summed E-state index contributed by atoms with van der Waals surface area (Å²) in [4.78, 5) is 0. The van der Waals surface area contributed by atoms with Gasteiger partial charge >= 0.3 is 0 Å². The van der Waals surface area contributed by atoms with Gasteiger partial charge in [-0.2, -0.15) is 0 Å². The molecule has 2 N–H and O–H groups in total. The molecule has 1 aromatic carbocycles. The summed E-state index contributed by atoms with van der Waals surface area (Å²) in [5.41, 5.74) is 0.907. The van der Waals surface area contributed by atoms with Crippen molar-refractivity contribution in [1.29, 1.82) is 0 Å². The van der Waals surface area contributed by atoms with Gasteiger partial charge in [-0.1, -0.05) is 26.0 Å². The summed E-state index contributed by atoms with van der Waals surface area (Å²) >= 11 is 0.